The first-order chi connectivity index (χ1) is 9.24. The van der Waals surface area contributed by atoms with Crippen molar-refractivity contribution >= 4 is 11.7 Å². The van der Waals surface area contributed by atoms with E-state index in [2.05, 4.69) is 26.9 Å². The summed E-state index contributed by atoms with van der Waals surface area (Å²) < 4.78 is 4.67. The number of hydrogen-bond acceptors (Lipinski definition) is 5. The summed E-state index contributed by atoms with van der Waals surface area (Å²) in [6, 6.07) is 4.19. The minimum absolute atomic E-state index is 0.339. The molecule has 0 spiro atoms. The lowest BCUT2D eigenvalue weighted by atomic mass is 10.2. The van der Waals surface area contributed by atoms with Crippen molar-refractivity contribution in [3.63, 3.8) is 0 Å². The number of hydrogen-bond donors (Lipinski definition) is 1. The predicted molar refractivity (Wildman–Crippen MR) is 74.3 cm³/mol. The molecule has 0 amide bonds. The number of pyridine rings is 1. The Balaban J connectivity index is 1.94. The van der Waals surface area contributed by atoms with Crippen LogP contribution < -0.4 is 5.32 Å². The van der Waals surface area contributed by atoms with Crippen LogP contribution in [0.1, 0.15) is 30.3 Å². The van der Waals surface area contributed by atoms with Gasteiger partial charge >= 0.3 is 5.97 Å². The first-order valence-corrected chi connectivity index (χ1v) is 6.77. The van der Waals surface area contributed by atoms with Crippen molar-refractivity contribution in [2.45, 2.75) is 25.8 Å². The third kappa shape index (κ3) is 3.44. The maximum absolute atomic E-state index is 11.4. The molecule has 0 aromatic carbocycles. The van der Waals surface area contributed by atoms with Crippen LogP contribution in [0, 0.1) is 0 Å². The smallest absolute Gasteiger partial charge is 0.356 e. The molecular formula is C14H21N3O2. The molecule has 19 heavy (non-hydrogen) atoms. The second kappa shape index (κ2) is 6.52. The zero-order valence-electron chi connectivity index (χ0n) is 11.6. The highest BCUT2D eigenvalue weighted by molar-refractivity contribution is 5.88. The summed E-state index contributed by atoms with van der Waals surface area (Å²) in [5, 5.41) is 3.38. The van der Waals surface area contributed by atoms with Gasteiger partial charge in [-0.15, -0.1) is 0 Å². The SMILES string of the molecule is CCN1CCCC1CNc1ccnc(C(=O)OC)c1. The number of likely N-dealkylation sites (N-methyl/N-ethyl adjacent to an activating group) is 1. The highest BCUT2D eigenvalue weighted by Gasteiger charge is 2.22. The lowest BCUT2D eigenvalue weighted by molar-refractivity contribution is 0.0594. The van der Waals surface area contributed by atoms with E-state index in [9.17, 15) is 4.79 Å². The quantitative estimate of drug-likeness (QED) is 0.820. The van der Waals surface area contributed by atoms with Crippen molar-refractivity contribution in [2.24, 2.45) is 0 Å². The average molecular weight is 263 g/mol. The Kier molecular flexibility index (Phi) is 4.74. The Bertz CT molecular complexity index is 436. The third-order valence-electron chi connectivity index (χ3n) is 3.60. The molecule has 1 aromatic rings. The van der Waals surface area contributed by atoms with Crippen molar-refractivity contribution in [3.05, 3.63) is 24.0 Å². The van der Waals surface area contributed by atoms with E-state index in [0.29, 0.717) is 11.7 Å². The second-order valence-electron chi connectivity index (χ2n) is 4.73. The summed E-state index contributed by atoms with van der Waals surface area (Å²) in [5.74, 6) is -0.403. The normalized spacial score (nSPS) is 19.4. The van der Waals surface area contributed by atoms with Gasteiger partial charge < -0.3 is 10.1 Å². The Labute approximate surface area is 114 Å². The number of esters is 1. The van der Waals surface area contributed by atoms with Crippen molar-refractivity contribution in [2.75, 3.05) is 32.1 Å². The molecule has 1 unspecified atom stereocenters. The highest BCUT2D eigenvalue weighted by atomic mass is 16.5. The molecule has 1 aromatic heterocycles. The van der Waals surface area contributed by atoms with Crippen LogP contribution in [0.4, 0.5) is 5.69 Å². The zero-order valence-corrected chi connectivity index (χ0v) is 11.6. The fourth-order valence-electron chi connectivity index (χ4n) is 2.53. The lowest BCUT2D eigenvalue weighted by Crippen LogP contribution is -2.34. The molecule has 1 saturated heterocycles. The molecule has 5 nitrogen and oxygen atoms in total. The molecule has 1 aliphatic heterocycles. The minimum atomic E-state index is -0.403. The molecule has 1 fully saturated rings. The molecule has 0 saturated carbocycles. The standard InChI is InChI=1S/C14H21N3O2/c1-3-17-8-4-5-12(17)10-16-11-6-7-15-13(9-11)14(18)19-2/h6-7,9,12H,3-5,8,10H2,1-2H3,(H,15,16). The van der Waals surface area contributed by atoms with E-state index in [1.165, 1.54) is 26.5 Å². The van der Waals surface area contributed by atoms with Gasteiger partial charge in [-0.1, -0.05) is 6.92 Å². The van der Waals surface area contributed by atoms with Gasteiger partial charge in [0.1, 0.15) is 5.69 Å². The van der Waals surface area contributed by atoms with Gasteiger partial charge in [-0.25, -0.2) is 9.78 Å². The number of anilines is 1. The predicted octanol–water partition coefficient (Wildman–Crippen LogP) is 1.76. The number of aromatic nitrogens is 1. The minimum Gasteiger partial charge on any atom is -0.464 e. The van der Waals surface area contributed by atoms with Crippen LogP contribution in [0.3, 0.4) is 0 Å². The zero-order chi connectivity index (χ0) is 13.7. The summed E-state index contributed by atoms with van der Waals surface area (Å²) in [7, 11) is 1.36. The maximum atomic E-state index is 11.4. The largest absolute Gasteiger partial charge is 0.464 e. The van der Waals surface area contributed by atoms with E-state index < -0.39 is 5.97 Å². The number of likely N-dealkylation sites (tertiary alicyclic amines) is 1. The van der Waals surface area contributed by atoms with E-state index in [4.69, 9.17) is 0 Å². The fourth-order valence-corrected chi connectivity index (χ4v) is 2.53. The number of nitrogens with zero attached hydrogens (tertiary/aromatic N) is 2. The molecule has 0 radical (unpaired) electrons. The van der Waals surface area contributed by atoms with Gasteiger partial charge in [0.05, 0.1) is 7.11 Å². The Hall–Kier alpha value is -1.62. The summed E-state index contributed by atoms with van der Waals surface area (Å²) in [5.41, 5.74) is 1.25. The molecule has 1 aliphatic rings. The molecule has 2 heterocycles. The maximum Gasteiger partial charge on any atom is 0.356 e. The van der Waals surface area contributed by atoms with Gasteiger partial charge in [-0.2, -0.15) is 0 Å². The van der Waals surface area contributed by atoms with Gasteiger partial charge in [0.15, 0.2) is 0 Å². The van der Waals surface area contributed by atoms with Crippen LogP contribution in [0.15, 0.2) is 18.3 Å². The molecule has 1 N–H and O–H groups in total. The van der Waals surface area contributed by atoms with Crippen molar-refractivity contribution < 1.29 is 9.53 Å². The lowest BCUT2D eigenvalue weighted by Gasteiger charge is -2.23. The molecule has 2 rings (SSSR count). The van der Waals surface area contributed by atoms with Crippen LogP contribution in [-0.2, 0) is 4.74 Å². The van der Waals surface area contributed by atoms with Gasteiger partial charge in [-0.05, 0) is 38.1 Å². The molecule has 104 valence electrons. The number of rotatable bonds is 5. The van der Waals surface area contributed by atoms with Gasteiger partial charge in [0.25, 0.3) is 0 Å². The number of carbonyl (C=O) groups is 1. The first kappa shape index (κ1) is 13.8. The summed E-state index contributed by atoms with van der Waals surface area (Å²) in [6.45, 7) is 5.38. The molecule has 1 atom stereocenters. The fraction of sp³-hybridized carbons (Fsp3) is 0.571. The third-order valence-corrected chi connectivity index (χ3v) is 3.60. The Morgan fingerprint density at radius 2 is 2.47 bits per heavy atom. The van der Waals surface area contributed by atoms with E-state index in [0.717, 1.165) is 18.8 Å². The molecule has 0 aliphatic carbocycles. The summed E-state index contributed by atoms with van der Waals surface area (Å²) >= 11 is 0. The summed E-state index contributed by atoms with van der Waals surface area (Å²) in [4.78, 5) is 17.9. The van der Waals surface area contributed by atoms with Crippen LogP contribution in [0.2, 0.25) is 0 Å². The first-order valence-electron chi connectivity index (χ1n) is 6.77. The van der Waals surface area contributed by atoms with E-state index in [1.807, 2.05) is 6.07 Å². The second-order valence-corrected chi connectivity index (χ2v) is 4.73. The van der Waals surface area contributed by atoms with E-state index >= 15 is 0 Å². The molecular weight excluding hydrogens is 242 g/mol. The van der Waals surface area contributed by atoms with E-state index in [-0.39, 0.29) is 0 Å². The van der Waals surface area contributed by atoms with Gasteiger partial charge in [0, 0.05) is 24.5 Å². The highest BCUT2D eigenvalue weighted by Crippen LogP contribution is 2.17. The summed E-state index contributed by atoms with van der Waals surface area (Å²) in [6.07, 6.45) is 4.13. The topological polar surface area (TPSA) is 54.5 Å². The molecule has 5 heteroatoms. The Morgan fingerprint density at radius 1 is 1.63 bits per heavy atom. The van der Waals surface area contributed by atoms with Crippen molar-refractivity contribution in [1.82, 2.24) is 9.88 Å². The monoisotopic (exact) mass is 263 g/mol. The van der Waals surface area contributed by atoms with Crippen LogP contribution >= 0.6 is 0 Å². The molecule has 0 bridgehead atoms. The average Bonchev–Trinajstić information content (AvgIpc) is 2.92. The van der Waals surface area contributed by atoms with Crippen LogP contribution in [0.25, 0.3) is 0 Å². The Morgan fingerprint density at radius 3 is 3.21 bits per heavy atom. The number of methoxy groups -OCH3 is 1. The number of carbonyl (C=O) groups excluding carboxylic acids is 1. The number of ether oxygens (including phenoxy) is 1. The van der Waals surface area contributed by atoms with Crippen molar-refractivity contribution in [3.8, 4) is 0 Å². The van der Waals surface area contributed by atoms with Gasteiger partial charge in [-0.3, -0.25) is 4.90 Å². The van der Waals surface area contributed by atoms with E-state index in [1.54, 1.807) is 12.3 Å². The number of nitrogens with one attached hydrogen (secondary N) is 1. The van der Waals surface area contributed by atoms with Crippen molar-refractivity contribution in [1.29, 1.82) is 0 Å². The van der Waals surface area contributed by atoms with Gasteiger partial charge in [0.2, 0.25) is 0 Å². The van der Waals surface area contributed by atoms with Crippen LogP contribution in [0.5, 0.6) is 0 Å². The van der Waals surface area contributed by atoms with Crippen LogP contribution in [-0.4, -0.2) is 48.6 Å².